The zero-order valence-electron chi connectivity index (χ0n) is 15.9. The molecule has 0 aliphatic heterocycles. The summed E-state index contributed by atoms with van der Waals surface area (Å²) >= 11 is 0. The quantitative estimate of drug-likeness (QED) is 0.750. The molecule has 2 aromatic carbocycles. The van der Waals surface area contributed by atoms with Crippen LogP contribution in [0.4, 0.5) is 5.69 Å². The summed E-state index contributed by atoms with van der Waals surface area (Å²) in [5.41, 5.74) is 2.18. The van der Waals surface area contributed by atoms with Crippen LogP contribution in [0.2, 0.25) is 0 Å². The lowest BCUT2D eigenvalue weighted by molar-refractivity contribution is -0.154. The molecule has 0 unspecified atom stereocenters. The number of aryl methyl sites for hydroxylation is 1. The van der Waals surface area contributed by atoms with Crippen molar-refractivity contribution in [2.24, 2.45) is 0 Å². The summed E-state index contributed by atoms with van der Waals surface area (Å²) in [7, 11) is 0. The molecule has 0 saturated carbocycles. The first kappa shape index (κ1) is 20.6. The van der Waals surface area contributed by atoms with Gasteiger partial charge >= 0.3 is 5.97 Å². The van der Waals surface area contributed by atoms with Crippen LogP contribution in [0.5, 0.6) is 0 Å². The fourth-order valence-corrected chi connectivity index (χ4v) is 2.37. The number of esters is 1. The van der Waals surface area contributed by atoms with Crippen molar-refractivity contribution in [2.75, 3.05) is 5.32 Å². The second kappa shape index (κ2) is 9.33. The molecule has 0 bridgehead atoms. The number of carbonyl (C=O) groups excluding carboxylic acids is 3. The van der Waals surface area contributed by atoms with Gasteiger partial charge in [0.25, 0.3) is 11.8 Å². The Morgan fingerprint density at radius 2 is 1.79 bits per heavy atom. The third kappa shape index (κ3) is 5.68. The number of nitrogens with zero attached hydrogens (tertiary/aromatic N) is 1. The Kier molecular flexibility index (Phi) is 6.88. The van der Waals surface area contributed by atoms with Gasteiger partial charge in [0.05, 0.1) is 11.6 Å². The Bertz CT molecular complexity index is 933. The Labute approximate surface area is 163 Å². The van der Waals surface area contributed by atoms with Gasteiger partial charge in [-0.3, -0.25) is 9.59 Å². The second-order valence-corrected chi connectivity index (χ2v) is 6.33. The summed E-state index contributed by atoms with van der Waals surface area (Å²) in [6, 6.07) is 14.4. The molecule has 0 aliphatic rings. The number of hydrogen-bond acceptors (Lipinski definition) is 5. The molecule has 0 saturated heterocycles. The predicted molar refractivity (Wildman–Crippen MR) is 103 cm³/mol. The van der Waals surface area contributed by atoms with Gasteiger partial charge in [-0.2, -0.15) is 5.26 Å². The molecule has 0 radical (unpaired) electrons. The van der Waals surface area contributed by atoms with Crippen molar-refractivity contribution in [1.82, 2.24) is 5.32 Å². The zero-order chi connectivity index (χ0) is 20.7. The van der Waals surface area contributed by atoms with E-state index in [-0.39, 0.29) is 0 Å². The van der Waals surface area contributed by atoms with Crippen molar-refractivity contribution in [3.63, 3.8) is 0 Å². The van der Waals surface area contributed by atoms with Crippen LogP contribution < -0.4 is 10.6 Å². The van der Waals surface area contributed by atoms with E-state index >= 15 is 0 Å². The zero-order valence-corrected chi connectivity index (χ0v) is 15.9. The van der Waals surface area contributed by atoms with Crippen LogP contribution in [-0.2, 0) is 14.3 Å². The molecule has 2 N–H and O–H groups in total. The monoisotopic (exact) mass is 379 g/mol. The maximum atomic E-state index is 12.2. The summed E-state index contributed by atoms with van der Waals surface area (Å²) in [5, 5.41) is 14.0. The topological polar surface area (TPSA) is 108 Å². The number of carbonyl (C=O) groups is 3. The van der Waals surface area contributed by atoms with Gasteiger partial charge in [-0.05, 0) is 51.1 Å². The fourth-order valence-electron chi connectivity index (χ4n) is 2.37. The van der Waals surface area contributed by atoms with Crippen LogP contribution in [0.25, 0.3) is 0 Å². The average Bonchev–Trinajstić information content (AvgIpc) is 2.67. The molecule has 0 heterocycles. The van der Waals surface area contributed by atoms with Crippen molar-refractivity contribution in [3.05, 3.63) is 65.2 Å². The Morgan fingerprint density at radius 3 is 2.46 bits per heavy atom. The summed E-state index contributed by atoms with van der Waals surface area (Å²) in [5.74, 6) is -1.67. The maximum absolute atomic E-state index is 12.2. The van der Waals surface area contributed by atoms with Crippen LogP contribution in [0.3, 0.4) is 0 Å². The first-order valence-corrected chi connectivity index (χ1v) is 8.69. The number of rotatable bonds is 6. The molecule has 28 heavy (non-hydrogen) atoms. The fraction of sp³-hybridized carbons (Fsp3) is 0.238. The van der Waals surface area contributed by atoms with E-state index < -0.39 is 29.9 Å². The van der Waals surface area contributed by atoms with Gasteiger partial charge < -0.3 is 15.4 Å². The van der Waals surface area contributed by atoms with Crippen LogP contribution in [0.15, 0.2) is 48.5 Å². The molecule has 7 heteroatoms. The van der Waals surface area contributed by atoms with Crippen molar-refractivity contribution >= 4 is 23.5 Å². The summed E-state index contributed by atoms with van der Waals surface area (Å²) in [4.78, 5) is 36.6. The normalized spacial score (nSPS) is 12.2. The molecular formula is C21H21N3O4. The molecule has 0 aliphatic carbocycles. The smallest absolute Gasteiger partial charge is 0.329 e. The second-order valence-electron chi connectivity index (χ2n) is 6.33. The number of anilines is 1. The Balaban J connectivity index is 1.90. The van der Waals surface area contributed by atoms with Crippen molar-refractivity contribution < 1.29 is 19.1 Å². The standard InChI is InChI=1S/C21H21N3O4/c1-13-6-4-8-17(10-13)20(26)23-14(2)21(27)28-15(3)19(25)24-18-9-5-7-16(11-18)12-22/h4-11,14-15H,1-3H3,(H,23,26)(H,24,25)/t14-,15-/m0/s1. The van der Waals surface area contributed by atoms with Crippen LogP contribution in [-0.4, -0.2) is 29.9 Å². The van der Waals surface area contributed by atoms with E-state index in [1.807, 2.05) is 19.1 Å². The lowest BCUT2D eigenvalue weighted by Crippen LogP contribution is -2.42. The van der Waals surface area contributed by atoms with Gasteiger partial charge in [0.15, 0.2) is 6.10 Å². The van der Waals surface area contributed by atoms with Gasteiger partial charge in [0.2, 0.25) is 0 Å². The van der Waals surface area contributed by atoms with Crippen LogP contribution in [0, 0.1) is 18.3 Å². The molecule has 144 valence electrons. The summed E-state index contributed by atoms with van der Waals surface area (Å²) in [6.45, 7) is 4.77. The highest BCUT2D eigenvalue weighted by Crippen LogP contribution is 2.11. The molecule has 2 amide bonds. The number of amides is 2. The Morgan fingerprint density at radius 1 is 1.07 bits per heavy atom. The highest BCUT2D eigenvalue weighted by molar-refractivity contribution is 5.98. The first-order chi connectivity index (χ1) is 13.3. The summed E-state index contributed by atoms with van der Waals surface area (Å²) in [6.07, 6.45) is -1.07. The molecule has 2 atom stereocenters. The molecule has 0 fully saturated rings. The van der Waals surface area contributed by atoms with Gasteiger partial charge in [0, 0.05) is 11.3 Å². The molecule has 0 spiro atoms. The lowest BCUT2D eigenvalue weighted by atomic mass is 10.1. The number of nitriles is 1. The molecule has 2 rings (SSSR count). The van der Waals surface area contributed by atoms with Crippen molar-refractivity contribution in [3.8, 4) is 6.07 Å². The minimum atomic E-state index is -1.07. The van der Waals surface area contributed by atoms with E-state index in [9.17, 15) is 14.4 Å². The summed E-state index contributed by atoms with van der Waals surface area (Å²) < 4.78 is 5.13. The van der Waals surface area contributed by atoms with Gasteiger partial charge in [-0.25, -0.2) is 4.79 Å². The number of ether oxygens (including phenoxy) is 1. The highest BCUT2D eigenvalue weighted by atomic mass is 16.5. The minimum absolute atomic E-state index is 0.398. The number of nitrogens with one attached hydrogen (secondary N) is 2. The van der Waals surface area contributed by atoms with Gasteiger partial charge in [0.1, 0.15) is 6.04 Å². The van der Waals surface area contributed by atoms with Crippen LogP contribution in [0.1, 0.15) is 35.3 Å². The van der Waals surface area contributed by atoms with Gasteiger partial charge in [-0.15, -0.1) is 0 Å². The van der Waals surface area contributed by atoms with E-state index in [0.717, 1.165) is 5.56 Å². The SMILES string of the molecule is Cc1cccc(C(=O)N[C@@H](C)C(=O)O[C@@H](C)C(=O)Nc2cccc(C#N)c2)c1. The molecule has 7 nitrogen and oxygen atoms in total. The van der Waals surface area contributed by atoms with E-state index in [4.69, 9.17) is 10.00 Å². The third-order valence-corrected chi connectivity index (χ3v) is 3.90. The average molecular weight is 379 g/mol. The molecule has 2 aromatic rings. The predicted octanol–water partition coefficient (Wildman–Crippen LogP) is 2.56. The van der Waals surface area contributed by atoms with Crippen molar-refractivity contribution in [1.29, 1.82) is 5.26 Å². The Hall–Kier alpha value is -3.66. The minimum Gasteiger partial charge on any atom is -0.451 e. The number of hydrogen-bond donors (Lipinski definition) is 2. The number of benzene rings is 2. The first-order valence-electron chi connectivity index (χ1n) is 8.69. The van der Waals surface area contributed by atoms with Crippen LogP contribution >= 0.6 is 0 Å². The molecule has 0 aromatic heterocycles. The maximum Gasteiger partial charge on any atom is 0.329 e. The lowest BCUT2D eigenvalue weighted by Gasteiger charge is -2.17. The van der Waals surface area contributed by atoms with E-state index in [1.165, 1.54) is 19.9 Å². The van der Waals surface area contributed by atoms with E-state index in [0.29, 0.717) is 16.8 Å². The molecular weight excluding hydrogens is 358 g/mol. The van der Waals surface area contributed by atoms with E-state index in [1.54, 1.807) is 36.4 Å². The largest absolute Gasteiger partial charge is 0.451 e. The van der Waals surface area contributed by atoms with Crippen molar-refractivity contribution in [2.45, 2.75) is 32.9 Å². The third-order valence-electron chi connectivity index (χ3n) is 3.90. The van der Waals surface area contributed by atoms with Gasteiger partial charge in [-0.1, -0.05) is 23.8 Å². The highest BCUT2D eigenvalue weighted by Gasteiger charge is 2.23. The van der Waals surface area contributed by atoms with E-state index in [2.05, 4.69) is 10.6 Å².